The van der Waals surface area contributed by atoms with E-state index in [0.717, 1.165) is 0 Å². The van der Waals surface area contributed by atoms with Gasteiger partial charge in [0.2, 0.25) is 0 Å². The summed E-state index contributed by atoms with van der Waals surface area (Å²) in [6, 6.07) is 0. The Kier molecular flexibility index (Phi) is 6.61. The number of aliphatic hydroxyl groups is 4. The van der Waals surface area contributed by atoms with Gasteiger partial charge in [-0.05, 0) is 6.92 Å². The third kappa shape index (κ3) is 4.63. The number of rotatable bonds is 7. The Morgan fingerprint density at radius 1 is 1.12 bits per heavy atom. The molecule has 4 atom stereocenters. The minimum atomic E-state index is -2.32. The Morgan fingerprint density at radius 2 is 1.59 bits per heavy atom. The Balaban J connectivity index is 4.42. The van der Waals surface area contributed by atoms with Gasteiger partial charge in [0, 0.05) is 0 Å². The second-order valence-corrected chi connectivity index (χ2v) is 3.11. The highest BCUT2D eigenvalue weighted by atomic mass is 16.7. The van der Waals surface area contributed by atoms with Gasteiger partial charge in [-0.2, -0.15) is 0 Å². The Morgan fingerprint density at radius 3 is 2.00 bits per heavy atom. The number of hydroxylamine groups is 1. The number of hydrogen-bond donors (Lipinski definition) is 6. The molecule has 17 heavy (non-hydrogen) atoms. The summed E-state index contributed by atoms with van der Waals surface area (Å²) < 4.78 is 0. The molecule has 0 aliphatic carbocycles. The lowest BCUT2D eigenvalue weighted by atomic mass is 10.0. The van der Waals surface area contributed by atoms with Crippen LogP contribution in [-0.2, 0) is 14.4 Å². The predicted molar refractivity (Wildman–Crippen MR) is 51.4 cm³/mol. The molecular formula is C8H15NO8. The molecule has 0 aromatic carbocycles. The topological polar surface area (TPSA) is 157 Å². The highest BCUT2D eigenvalue weighted by molar-refractivity contribution is 5.80. The molecule has 9 heteroatoms. The molecule has 0 fully saturated rings. The zero-order valence-corrected chi connectivity index (χ0v) is 8.98. The number of carboxylic acid groups (broad SMARTS) is 1. The molecule has 0 heterocycles. The van der Waals surface area contributed by atoms with Crippen LogP contribution in [0.25, 0.3) is 0 Å². The lowest BCUT2D eigenvalue weighted by Crippen LogP contribution is -2.52. The van der Waals surface area contributed by atoms with Crippen LogP contribution in [0, 0.1) is 0 Å². The number of hydrogen-bond acceptors (Lipinski definition) is 7. The van der Waals surface area contributed by atoms with Crippen molar-refractivity contribution in [1.82, 2.24) is 5.48 Å². The molecule has 0 rings (SSSR count). The molecule has 0 aliphatic rings. The van der Waals surface area contributed by atoms with Crippen molar-refractivity contribution in [3.8, 4) is 0 Å². The van der Waals surface area contributed by atoms with E-state index >= 15 is 0 Å². The summed E-state index contributed by atoms with van der Waals surface area (Å²) in [4.78, 5) is 25.8. The maximum Gasteiger partial charge on any atom is 0.335 e. The second-order valence-electron chi connectivity index (χ2n) is 3.11. The minimum absolute atomic E-state index is 0.106. The summed E-state index contributed by atoms with van der Waals surface area (Å²) in [6.45, 7) is 1.65. The number of aliphatic carboxylic acids is 1. The molecule has 3 unspecified atom stereocenters. The van der Waals surface area contributed by atoms with E-state index in [9.17, 15) is 19.8 Å². The molecule has 0 spiro atoms. The van der Waals surface area contributed by atoms with E-state index in [1.54, 1.807) is 12.4 Å². The van der Waals surface area contributed by atoms with Gasteiger partial charge in [0.15, 0.2) is 12.2 Å². The predicted octanol–water partition coefficient (Wildman–Crippen LogP) is -3.42. The average molecular weight is 253 g/mol. The maximum atomic E-state index is 11.1. The van der Waals surface area contributed by atoms with Crippen LogP contribution in [0.15, 0.2) is 0 Å². The van der Waals surface area contributed by atoms with Crippen LogP contribution < -0.4 is 5.48 Å². The van der Waals surface area contributed by atoms with E-state index in [0.29, 0.717) is 0 Å². The highest BCUT2D eigenvalue weighted by Gasteiger charge is 2.37. The van der Waals surface area contributed by atoms with Crippen molar-refractivity contribution in [1.29, 1.82) is 0 Å². The van der Waals surface area contributed by atoms with Crippen LogP contribution in [0.2, 0.25) is 0 Å². The van der Waals surface area contributed by atoms with Crippen molar-refractivity contribution < 1.29 is 40.0 Å². The fraction of sp³-hybridized carbons (Fsp3) is 0.750. The van der Waals surface area contributed by atoms with E-state index in [-0.39, 0.29) is 6.61 Å². The first kappa shape index (κ1) is 15.7. The van der Waals surface area contributed by atoms with Crippen LogP contribution in [0.1, 0.15) is 6.92 Å². The van der Waals surface area contributed by atoms with Gasteiger partial charge in [-0.1, -0.05) is 0 Å². The average Bonchev–Trinajstić information content (AvgIpc) is 2.31. The molecule has 0 aromatic heterocycles. The van der Waals surface area contributed by atoms with Gasteiger partial charge in [0.05, 0.1) is 6.61 Å². The number of carboxylic acids is 1. The third-order valence-electron chi connectivity index (χ3n) is 1.84. The van der Waals surface area contributed by atoms with Crippen molar-refractivity contribution in [3.63, 3.8) is 0 Å². The normalized spacial score (nSPS) is 17.9. The molecule has 0 bridgehead atoms. The first-order valence-electron chi connectivity index (χ1n) is 4.69. The number of carbonyl (C=O) groups excluding carboxylic acids is 1. The fourth-order valence-electron chi connectivity index (χ4n) is 0.878. The molecule has 0 saturated carbocycles. The number of nitrogens with one attached hydrogen (secondary N) is 1. The van der Waals surface area contributed by atoms with Gasteiger partial charge in [0.1, 0.15) is 12.2 Å². The molecule has 0 saturated heterocycles. The lowest BCUT2D eigenvalue weighted by Gasteiger charge is -2.23. The van der Waals surface area contributed by atoms with Crippen LogP contribution >= 0.6 is 0 Å². The minimum Gasteiger partial charge on any atom is -0.479 e. The Hall–Kier alpha value is -1.26. The molecule has 0 radical (unpaired) electrons. The monoisotopic (exact) mass is 253 g/mol. The Bertz CT molecular complexity index is 270. The summed E-state index contributed by atoms with van der Waals surface area (Å²) in [6.07, 6.45) is -8.83. The van der Waals surface area contributed by atoms with Gasteiger partial charge >= 0.3 is 5.97 Å². The smallest absolute Gasteiger partial charge is 0.335 e. The number of carbonyl (C=O) groups is 2. The van der Waals surface area contributed by atoms with Crippen LogP contribution in [-0.4, -0.2) is 68.4 Å². The first-order chi connectivity index (χ1) is 7.82. The quantitative estimate of drug-likeness (QED) is 0.256. The van der Waals surface area contributed by atoms with Crippen molar-refractivity contribution in [2.45, 2.75) is 31.3 Å². The fourth-order valence-corrected chi connectivity index (χ4v) is 0.878. The molecule has 1 amide bonds. The summed E-state index contributed by atoms with van der Waals surface area (Å²) in [5, 5.41) is 44.8. The zero-order chi connectivity index (χ0) is 13.6. The third-order valence-corrected chi connectivity index (χ3v) is 1.84. The van der Waals surface area contributed by atoms with Crippen LogP contribution in [0.4, 0.5) is 0 Å². The summed E-state index contributed by atoms with van der Waals surface area (Å²) in [7, 11) is 0. The molecule has 9 nitrogen and oxygen atoms in total. The molecule has 0 aliphatic heterocycles. The van der Waals surface area contributed by atoms with Gasteiger partial charge in [0.25, 0.3) is 5.91 Å². The highest BCUT2D eigenvalue weighted by Crippen LogP contribution is 2.05. The molecule has 0 aromatic rings. The van der Waals surface area contributed by atoms with Crippen molar-refractivity contribution >= 4 is 11.9 Å². The summed E-state index contributed by atoms with van der Waals surface area (Å²) in [5.41, 5.74) is 1.75. The standard InChI is InChI=1S/C8H15NO8/c1-2-17-9-7(14)5(12)3(10)4(11)6(13)8(15)16/h3-6,10-13H,2H2,1H3,(H,9,14)(H,15,16)/t3?,4?,5?,6-/m1/s1. The molecule has 100 valence electrons. The van der Waals surface area contributed by atoms with Gasteiger partial charge < -0.3 is 25.5 Å². The second kappa shape index (κ2) is 7.14. The largest absolute Gasteiger partial charge is 0.479 e. The summed E-state index contributed by atoms with van der Waals surface area (Å²) >= 11 is 0. The van der Waals surface area contributed by atoms with E-state index in [4.69, 9.17) is 15.3 Å². The van der Waals surface area contributed by atoms with Crippen LogP contribution in [0.5, 0.6) is 0 Å². The van der Waals surface area contributed by atoms with Gasteiger partial charge in [-0.3, -0.25) is 9.63 Å². The van der Waals surface area contributed by atoms with Crippen molar-refractivity contribution in [2.24, 2.45) is 0 Å². The van der Waals surface area contributed by atoms with Crippen molar-refractivity contribution in [3.05, 3.63) is 0 Å². The first-order valence-corrected chi connectivity index (χ1v) is 4.69. The van der Waals surface area contributed by atoms with Crippen molar-refractivity contribution in [2.75, 3.05) is 6.61 Å². The van der Waals surface area contributed by atoms with Gasteiger partial charge in [-0.25, -0.2) is 10.3 Å². The maximum absolute atomic E-state index is 11.1. The summed E-state index contributed by atoms with van der Waals surface area (Å²) in [5.74, 6) is -2.97. The number of aliphatic hydroxyl groups excluding tert-OH is 4. The van der Waals surface area contributed by atoms with E-state index in [2.05, 4.69) is 4.84 Å². The van der Waals surface area contributed by atoms with E-state index < -0.39 is 36.3 Å². The van der Waals surface area contributed by atoms with Gasteiger partial charge in [-0.15, -0.1) is 0 Å². The van der Waals surface area contributed by atoms with Crippen LogP contribution in [0.3, 0.4) is 0 Å². The zero-order valence-electron chi connectivity index (χ0n) is 8.98. The Labute approximate surface area is 96.2 Å². The van der Waals surface area contributed by atoms with E-state index in [1.165, 1.54) is 0 Å². The van der Waals surface area contributed by atoms with E-state index in [1.807, 2.05) is 0 Å². The lowest BCUT2D eigenvalue weighted by molar-refractivity contribution is -0.169. The SMILES string of the molecule is CCONC(=O)C(O)C(O)C(O)[C@@H](O)C(=O)O. The molecule has 6 N–H and O–H groups in total. The number of amides is 1. The molecular weight excluding hydrogens is 238 g/mol.